The molecule has 1 aliphatic carbocycles. The van der Waals surface area contributed by atoms with E-state index in [1.165, 1.54) is 12.8 Å². The van der Waals surface area contributed by atoms with Crippen molar-refractivity contribution in [3.8, 4) is 0 Å². The smallest absolute Gasteiger partial charge is 0.111 e. The Bertz CT molecular complexity index is 413. The van der Waals surface area contributed by atoms with Crippen LogP contribution in [0, 0.1) is 11.8 Å². The number of aliphatic hydroxyl groups is 1. The average Bonchev–Trinajstić information content (AvgIpc) is 2.75. The van der Waals surface area contributed by atoms with Gasteiger partial charge in [0.25, 0.3) is 0 Å². The summed E-state index contributed by atoms with van der Waals surface area (Å²) in [6, 6.07) is 0. The van der Waals surface area contributed by atoms with E-state index in [1.807, 2.05) is 12.4 Å². The SMILES string of the molecule is CCCn1ccnc1CC1(O)CCCC(CC(C)C)C1. The predicted molar refractivity (Wildman–Crippen MR) is 82.6 cm³/mol. The quantitative estimate of drug-likeness (QED) is 0.859. The van der Waals surface area contributed by atoms with Gasteiger partial charge in [0.15, 0.2) is 0 Å². The first-order valence-electron chi connectivity index (χ1n) is 8.25. The van der Waals surface area contributed by atoms with Gasteiger partial charge < -0.3 is 9.67 Å². The van der Waals surface area contributed by atoms with E-state index in [9.17, 15) is 5.11 Å². The monoisotopic (exact) mass is 278 g/mol. The van der Waals surface area contributed by atoms with Crippen molar-refractivity contribution in [2.45, 2.75) is 77.9 Å². The van der Waals surface area contributed by atoms with Crippen LogP contribution >= 0.6 is 0 Å². The van der Waals surface area contributed by atoms with Gasteiger partial charge in [0.05, 0.1) is 5.60 Å². The second-order valence-electron chi connectivity index (χ2n) is 7.03. The number of aromatic nitrogens is 2. The molecule has 3 nitrogen and oxygen atoms in total. The molecule has 1 aromatic heterocycles. The molecule has 2 unspecified atom stereocenters. The zero-order valence-electron chi connectivity index (χ0n) is 13.3. The third-order valence-electron chi connectivity index (χ3n) is 4.48. The topological polar surface area (TPSA) is 38.0 Å². The van der Waals surface area contributed by atoms with Crippen molar-refractivity contribution >= 4 is 0 Å². The fourth-order valence-corrected chi connectivity index (χ4v) is 3.74. The maximum Gasteiger partial charge on any atom is 0.111 e. The summed E-state index contributed by atoms with van der Waals surface area (Å²) in [5, 5.41) is 11.0. The predicted octanol–water partition coefficient (Wildman–Crippen LogP) is 3.80. The molecule has 1 saturated carbocycles. The fraction of sp³-hybridized carbons (Fsp3) is 0.824. The summed E-state index contributed by atoms with van der Waals surface area (Å²) in [4.78, 5) is 4.46. The molecule has 0 spiro atoms. The molecule has 0 aliphatic heterocycles. The van der Waals surface area contributed by atoms with Crippen LogP contribution in [0.4, 0.5) is 0 Å². The second-order valence-corrected chi connectivity index (χ2v) is 7.03. The Morgan fingerprint density at radius 1 is 1.50 bits per heavy atom. The highest BCUT2D eigenvalue weighted by molar-refractivity contribution is 5.01. The van der Waals surface area contributed by atoms with Gasteiger partial charge in [0, 0.05) is 25.4 Å². The summed E-state index contributed by atoms with van der Waals surface area (Å²) < 4.78 is 2.20. The summed E-state index contributed by atoms with van der Waals surface area (Å²) in [6.45, 7) is 7.74. The normalized spacial score (nSPS) is 27.1. The lowest BCUT2D eigenvalue weighted by Gasteiger charge is -2.37. The van der Waals surface area contributed by atoms with E-state index in [0.717, 1.165) is 44.0 Å². The molecule has 0 saturated heterocycles. The molecule has 1 aromatic rings. The molecule has 1 heterocycles. The molecule has 1 N–H and O–H groups in total. The Labute approximate surface area is 123 Å². The third-order valence-corrected chi connectivity index (χ3v) is 4.48. The number of imidazole rings is 1. The van der Waals surface area contributed by atoms with Crippen LogP contribution in [0.25, 0.3) is 0 Å². The standard InChI is InChI=1S/C17H30N2O/c1-4-9-19-10-8-18-16(19)13-17(20)7-5-6-15(12-17)11-14(2)3/h8,10,14-15,20H,4-7,9,11-13H2,1-3H3. The van der Waals surface area contributed by atoms with E-state index in [2.05, 4.69) is 30.3 Å². The minimum atomic E-state index is -0.533. The van der Waals surface area contributed by atoms with Crippen LogP contribution in [0.3, 0.4) is 0 Å². The molecule has 0 aromatic carbocycles. The molecule has 0 radical (unpaired) electrons. The Morgan fingerprint density at radius 3 is 3.00 bits per heavy atom. The van der Waals surface area contributed by atoms with Gasteiger partial charge in [0.2, 0.25) is 0 Å². The van der Waals surface area contributed by atoms with Gasteiger partial charge in [-0.15, -0.1) is 0 Å². The van der Waals surface area contributed by atoms with Crippen LogP contribution in [0.2, 0.25) is 0 Å². The van der Waals surface area contributed by atoms with Crippen molar-refractivity contribution in [3.05, 3.63) is 18.2 Å². The largest absolute Gasteiger partial charge is 0.389 e. The molecule has 1 aliphatic rings. The Kier molecular flexibility index (Phi) is 5.25. The molecule has 2 rings (SSSR count). The Balaban J connectivity index is 2.00. The van der Waals surface area contributed by atoms with Gasteiger partial charge in [-0.25, -0.2) is 4.98 Å². The van der Waals surface area contributed by atoms with Gasteiger partial charge in [-0.1, -0.05) is 33.6 Å². The summed E-state index contributed by atoms with van der Waals surface area (Å²) in [7, 11) is 0. The van der Waals surface area contributed by atoms with Crippen LogP contribution < -0.4 is 0 Å². The highest BCUT2D eigenvalue weighted by Gasteiger charge is 2.35. The first-order valence-corrected chi connectivity index (χ1v) is 8.25. The summed E-state index contributed by atoms with van der Waals surface area (Å²) in [6.07, 6.45) is 11.3. The third kappa shape index (κ3) is 4.08. The number of nitrogens with zero attached hydrogens (tertiary/aromatic N) is 2. The van der Waals surface area contributed by atoms with E-state index in [-0.39, 0.29) is 0 Å². The Hall–Kier alpha value is -0.830. The molecule has 0 bridgehead atoms. The van der Waals surface area contributed by atoms with E-state index in [0.29, 0.717) is 12.3 Å². The van der Waals surface area contributed by atoms with Crippen molar-refractivity contribution in [1.29, 1.82) is 0 Å². The number of hydrogen-bond donors (Lipinski definition) is 1. The highest BCUT2D eigenvalue weighted by Crippen LogP contribution is 2.37. The lowest BCUT2D eigenvalue weighted by atomic mass is 9.73. The molecule has 114 valence electrons. The van der Waals surface area contributed by atoms with Crippen LogP contribution in [0.15, 0.2) is 12.4 Å². The van der Waals surface area contributed by atoms with E-state index in [1.54, 1.807) is 0 Å². The number of rotatable bonds is 6. The average molecular weight is 278 g/mol. The van der Waals surface area contributed by atoms with Gasteiger partial charge in [-0.2, -0.15) is 0 Å². The lowest BCUT2D eigenvalue weighted by molar-refractivity contribution is -0.0210. The number of hydrogen-bond acceptors (Lipinski definition) is 2. The lowest BCUT2D eigenvalue weighted by Crippen LogP contribution is -2.38. The van der Waals surface area contributed by atoms with Crippen LogP contribution in [0.1, 0.15) is 65.1 Å². The molecule has 1 fully saturated rings. The minimum Gasteiger partial charge on any atom is -0.389 e. The molecule has 20 heavy (non-hydrogen) atoms. The Morgan fingerprint density at radius 2 is 2.30 bits per heavy atom. The highest BCUT2D eigenvalue weighted by atomic mass is 16.3. The van der Waals surface area contributed by atoms with Gasteiger partial charge in [-0.3, -0.25) is 0 Å². The first kappa shape index (κ1) is 15.6. The van der Waals surface area contributed by atoms with Crippen molar-refractivity contribution in [3.63, 3.8) is 0 Å². The van der Waals surface area contributed by atoms with Gasteiger partial charge in [-0.05, 0) is 37.5 Å². The van der Waals surface area contributed by atoms with Crippen LogP contribution in [0.5, 0.6) is 0 Å². The molecule has 0 amide bonds. The fourth-order valence-electron chi connectivity index (χ4n) is 3.74. The van der Waals surface area contributed by atoms with Crippen LogP contribution in [-0.2, 0) is 13.0 Å². The van der Waals surface area contributed by atoms with Gasteiger partial charge >= 0.3 is 0 Å². The number of aryl methyl sites for hydroxylation is 1. The second kappa shape index (κ2) is 6.75. The van der Waals surface area contributed by atoms with Crippen LogP contribution in [-0.4, -0.2) is 20.3 Å². The van der Waals surface area contributed by atoms with Gasteiger partial charge in [0.1, 0.15) is 5.82 Å². The van der Waals surface area contributed by atoms with E-state index in [4.69, 9.17) is 0 Å². The van der Waals surface area contributed by atoms with E-state index < -0.39 is 5.60 Å². The maximum atomic E-state index is 11.0. The van der Waals surface area contributed by atoms with Crippen molar-refractivity contribution in [2.75, 3.05) is 0 Å². The van der Waals surface area contributed by atoms with Crippen molar-refractivity contribution in [2.24, 2.45) is 11.8 Å². The summed E-state index contributed by atoms with van der Waals surface area (Å²) in [5.41, 5.74) is -0.533. The molecular weight excluding hydrogens is 248 g/mol. The maximum absolute atomic E-state index is 11.0. The zero-order chi connectivity index (χ0) is 14.6. The molecule has 2 atom stereocenters. The minimum absolute atomic E-state index is 0.533. The molecule has 3 heteroatoms. The molecular formula is C17H30N2O. The van der Waals surface area contributed by atoms with Crippen molar-refractivity contribution < 1.29 is 5.11 Å². The zero-order valence-corrected chi connectivity index (χ0v) is 13.3. The summed E-state index contributed by atoms with van der Waals surface area (Å²) in [5.74, 6) is 2.47. The van der Waals surface area contributed by atoms with Crippen molar-refractivity contribution in [1.82, 2.24) is 9.55 Å². The summed E-state index contributed by atoms with van der Waals surface area (Å²) >= 11 is 0. The first-order chi connectivity index (χ1) is 9.52. The van der Waals surface area contributed by atoms with E-state index >= 15 is 0 Å².